The van der Waals surface area contributed by atoms with Gasteiger partial charge in [0, 0.05) is 0 Å². The lowest BCUT2D eigenvalue weighted by atomic mass is 9.97. The van der Waals surface area contributed by atoms with Gasteiger partial charge in [0.2, 0.25) is 5.37 Å². The standard InChI is InChI=1S/C9H10ClN3O5S/c1-9(2)5(8(15)18-3-10)13-6(14)4(12-11)7(13)19(9,16)17/h5,7H,3H2,1-2H3/t5-,7+/m0/s1. The molecule has 0 aromatic heterocycles. The average molecular weight is 308 g/mol. The van der Waals surface area contributed by atoms with Gasteiger partial charge in [-0.1, -0.05) is 11.6 Å². The topological polar surface area (TPSA) is 117 Å². The second kappa shape index (κ2) is 4.03. The van der Waals surface area contributed by atoms with Gasteiger partial charge in [-0.2, -0.15) is 4.79 Å². The molecule has 2 heterocycles. The number of alkyl halides is 1. The highest BCUT2D eigenvalue weighted by Crippen LogP contribution is 2.44. The summed E-state index contributed by atoms with van der Waals surface area (Å²) in [7, 11) is -3.90. The van der Waals surface area contributed by atoms with Crippen LogP contribution >= 0.6 is 11.6 Å². The Balaban J connectivity index is 2.56. The number of carbonyl (C=O) groups excluding carboxylic acids is 2. The molecule has 2 saturated heterocycles. The summed E-state index contributed by atoms with van der Waals surface area (Å²) in [6, 6.07) is -1.75. The third kappa shape index (κ3) is 1.49. The lowest BCUT2D eigenvalue weighted by Gasteiger charge is -2.31. The minimum Gasteiger partial charge on any atom is -0.448 e. The van der Waals surface area contributed by atoms with E-state index in [1.807, 2.05) is 0 Å². The van der Waals surface area contributed by atoms with Crippen LogP contribution in [-0.4, -0.2) is 57.9 Å². The molecule has 2 rings (SSSR count). The molecular weight excluding hydrogens is 298 g/mol. The minimum atomic E-state index is -3.90. The normalized spacial score (nSPS) is 30.4. The summed E-state index contributed by atoms with van der Waals surface area (Å²) in [5.74, 6) is -1.71. The molecule has 0 aromatic carbocycles. The highest BCUT2D eigenvalue weighted by molar-refractivity contribution is 7.94. The van der Waals surface area contributed by atoms with Gasteiger partial charge in [-0.05, 0) is 13.8 Å². The summed E-state index contributed by atoms with van der Waals surface area (Å²) in [5, 5.41) is -1.41. The smallest absolute Gasteiger partial charge is 0.393 e. The van der Waals surface area contributed by atoms with Gasteiger partial charge in [0.25, 0.3) is 0 Å². The van der Waals surface area contributed by atoms with Gasteiger partial charge < -0.3 is 10.3 Å². The summed E-state index contributed by atoms with van der Waals surface area (Å²) in [5.41, 5.74) is 8.18. The highest BCUT2D eigenvalue weighted by atomic mass is 35.5. The predicted molar refractivity (Wildman–Crippen MR) is 62.9 cm³/mol. The Morgan fingerprint density at radius 3 is 2.63 bits per heavy atom. The first-order chi connectivity index (χ1) is 8.71. The Hall–Kier alpha value is -1.44. The molecule has 0 N–H and O–H groups in total. The molecule has 1 amide bonds. The number of carbonyl (C=O) groups is 2. The Bertz CT molecular complexity index is 622. The van der Waals surface area contributed by atoms with Crippen molar-refractivity contribution >= 4 is 39.0 Å². The summed E-state index contributed by atoms with van der Waals surface area (Å²) in [4.78, 5) is 27.0. The Morgan fingerprint density at radius 1 is 1.58 bits per heavy atom. The van der Waals surface area contributed by atoms with Gasteiger partial charge in [0.1, 0.15) is 4.75 Å². The van der Waals surface area contributed by atoms with E-state index in [1.54, 1.807) is 0 Å². The molecule has 0 spiro atoms. The van der Waals surface area contributed by atoms with Gasteiger partial charge in [0.15, 0.2) is 21.9 Å². The molecule has 2 aliphatic heterocycles. The van der Waals surface area contributed by atoms with Crippen LogP contribution in [0.5, 0.6) is 0 Å². The van der Waals surface area contributed by atoms with Crippen molar-refractivity contribution in [3.8, 4) is 0 Å². The number of rotatable bonds is 2. The van der Waals surface area contributed by atoms with E-state index in [2.05, 4.69) is 9.53 Å². The van der Waals surface area contributed by atoms with Crippen molar-refractivity contribution in [3.63, 3.8) is 0 Å². The van der Waals surface area contributed by atoms with Crippen molar-refractivity contribution in [2.24, 2.45) is 0 Å². The van der Waals surface area contributed by atoms with E-state index in [0.717, 1.165) is 4.90 Å². The Labute approximate surface area is 113 Å². The van der Waals surface area contributed by atoms with E-state index < -0.39 is 49.7 Å². The van der Waals surface area contributed by atoms with Crippen LogP contribution in [0, 0.1) is 0 Å². The average Bonchev–Trinajstić information content (AvgIpc) is 2.44. The quantitative estimate of drug-likeness (QED) is 0.216. The predicted octanol–water partition coefficient (Wildman–Crippen LogP) is -0.859. The monoisotopic (exact) mass is 307 g/mol. The summed E-state index contributed by atoms with van der Waals surface area (Å²) >= 11 is 5.27. The van der Waals surface area contributed by atoms with Gasteiger partial charge in [-0.3, -0.25) is 9.69 Å². The van der Waals surface area contributed by atoms with Crippen LogP contribution in [0.4, 0.5) is 0 Å². The molecule has 2 atom stereocenters. The maximum Gasteiger partial charge on any atom is 0.393 e. The van der Waals surface area contributed by atoms with Crippen molar-refractivity contribution in [3.05, 3.63) is 5.53 Å². The van der Waals surface area contributed by atoms with E-state index >= 15 is 0 Å². The van der Waals surface area contributed by atoms with Crippen molar-refractivity contribution < 1.29 is 27.5 Å². The fraction of sp³-hybridized carbons (Fsp3) is 0.667. The fourth-order valence-corrected chi connectivity index (χ4v) is 4.52. The highest BCUT2D eigenvalue weighted by Gasteiger charge is 2.75. The van der Waals surface area contributed by atoms with Gasteiger partial charge in [-0.15, -0.1) is 0 Å². The van der Waals surface area contributed by atoms with E-state index in [0.29, 0.717) is 0 Å². The van der Waals surface area contributed by atoms with E-state index in [4.69, 9.17) is 17.1 Å². The lowest BCUT2D eigenvalue weighted by molar-refractivity contribution is -0.156. The molecule has 2 aliphatic rings. The summed E-state index contributed by atoms with van der Waals surface area (Å²) in [6.07, 6.45) is 0. The number of halogens is 1. The molecule has 0 saturated carbocycles. The van der Waals surface area contributed by atoms with E-state index in [1.165, 1.54) is 13.8 Å². The first kappa shape index (κ1) is 14.0. The van der Waals surface area contributed by atoms with Gasteiger partial charge >= 0.3 is 17.6 Å². The molecule has 0 unspecified atom stereocenters. The number of hydrogen-bond donors (Lipinski definition) is 0. The SMILES string of the molecule is CC1(C)[C@H](C(=O)OCCl)N2C(=O)C(=[N+]=[N-])[C@H]2S1(=O)=O. The molecule has 0 aromatic rings. The Morgan fingerprint density at radius 2 is 2.16 bits per heavy atom. The van der Waals surface area contributed by atoms with Crippen LogP contribution in [0.3, 0.4) is 0 Å². The molecule has 0 radical (unpaired) electrons. The molecule has 8 nitrogen and oxygen atoms in total. The van der Waals surface area contributed by atoms with Crippen LogP contribution < -0.4 is 0 Å². The zero-order valence-electron chi connectivity index (χ0n) is 10.0. The number of amides is 1. The third-order valence-corrected chi connectivity index (χ3v) is 6.27. The zero-order chi connectivity index (χ0) is 14.6. The largest absolute Gasteiger partial charge is 0.448 e. The van der Waals surface area contributed by atoms with Gasteiger partial charge in [0.05, 0.1) is 0 Å². The third-order valence-electron chi connectivity index (χ3n) is 3.43. The van der Waals surface area contributed by atoms with Crippen LogP contribution in [0.25, 0.3) is 5.53 Å². The fourth-order valence-electron chi connectivity index (χ4n) is 2.36. The number of nitrogens with zero attached hydrogens (tertiary/aromatic N) is 3. The number of ether oxygens (including phenoxy) is 1. The summed E-state index contributed by atoms with van der Waals surface area (Å²) < 4.78 is 27.6. The molecule has 104 valence electrons. The van der Waals surface area contributed by atoms with Crippen LogP contribution in [0.2, 0.25) is 0 Å². The first-order valence-corrected chi connectivity index (χ1v) is 7.30. The number of fused-ring (bicyclic) bond motifs is 1. The van der Waals surface area contributed by atoms with E-state index in [9.17, 15) is 18.0 Å². The lowest BCUT2D eigenvalue weighted by Crippen LogP contribution is -2.64. The number of sulfone groups is 1. The maximum atomic E-state index is 12.3. The first-order valence-electron chi connectivity index (χ1n) is 5.22. The molecular formula is C9H10ClN3O5S. The Kier molecular flexibility index (Phi) is 2.96. The molecule has 0 bridgehead atoms. The van der Waals surface area contributed by atoms with Crippen molar-refractivity contribution in [1.82, 2.24) is 4.90 Å². The number of hydrogen-bond acceptors (Lipinski definition) is 5. The van der Waals surface area contributed by atoms with Crippen LogP contribution in [-0.2, 0) is 24.2 Å². The maximum absolute atomic E-state index is 12.3. The molecule has 10 heteroatoms. The van der Waals surface area contributed by atoms with Crippen molar-refractivity contribution in [2.45, 2.75) is 30.0 Å². The molecule has 2 fully saturated rings. The molecule has 19 heavy (non-hydrogen) atoms. The van der Waals surface area contributed by atoms with Crippen molar-refractivity contribution in [2.75, 3.05) is 6.07 Å². The number of esters is 1. The van der Waals surface area contributed by atoms with Gasteiger partial charge in [-0.25, -0.2) is 13.2 Å². The second-order valence-corrected chi connectivity index (χ2v) is 7.48. The van der Waals surface area contributed by atoms with Crippen molar-refractivity contribution in [1.29, 1.82) is 0 Å². The van der Waals surface area contributed by atoms with E-state index in [-0.39, 0.29) is 0 Å². The number of β-lactam (4-membered cyclic amide) rings is 1. The zero-order valence-corrected chi connectivity index (χ0v) is 11.6. The molecule has 0 aliphatic carbocycles. The minimum absolute atomic E-state index is 0.445. The van der Waals surface area contributed by atoms with Crippen LogP contribution in [0.15, 0.2) is 0 Å². The summed E-state index contributed by atoms with van der Waals surface area (Å²) in [6.45, 7) is 2.62. The second-order valence-electron chi connectivity index (χ2n) is 4.67. The van der Waals surface area contributed by atoms with Crippen LogP contribution in [0.1, 0.15) is 13.8 Å².